The molecular weight excluding hydrogens is 220 g/mol. The van der Waals surface area contributed by atoms with Gasteiger partial charge in [-0.3, -0.25) is 4.79 Å². The molecule has 94 valence electrons. The van der Waals surface area contributed by atoms with Crippen molar-refractivity contribution in [1.82, 2.24) is 9.97 Å². The second-order valence-corrected chi connectivity index (χ2v) is 3.52. The number of nitrogens with one attached hydrogen (secondary N) is 1. The summed E-state index contributed by atoms with van der Waals surface area (Å²) < 4.78 is 5.25. The number of unbranched alkanes of at least 4 members (excludes halogenated alkanes) is 1. The molecule has 0 saturated heterocycles. The third kappa shape index (κ3) is 5.70. The summed E-state index contributed by atoms with van der Waals surface area (Å²) in [6.45, 7) is 3.23. The standard InChI is InChI=1S/C11H18N4O2/c1-2-17-11-7-10(14-8-15-11)13-6-4-3-5-9(12)16/h7-8H,2-6H2,1H3,(H2,12,16)(H,13,14,15). The van der Waals surface area contributed by atoms with Crippen LogP contribution in [0.3, 0.4) is 0 Å². The number of primary amides is 1. The molecule has 0 saturated carbocycles. The van der Waals surface area contributed by atoms with Gasteiger partial charge in [0, 0.05) is 19.0 Å². The summed E-state index contributed by atoms with van der Waals surface area (Å²) in [5, 5.41) is 3.13. The fraction of sp³-hybridized carbons (Fsp3) is 0.545. The molecular formula is C11H18N4O2. The van der Waals surface area contributed by atoms with Gasteiger partial charge in [0.2, 0.25) is 11.8 Å². The lowest BCUT2D eigenvalue weighted by atomic mass is 10.2. The van der Waals surface area contributed by atoms with E-state index in [1.165, 1.54) is 6.33 Å². The average Bonchev–Trinajstić information content (AvgIpc) is 2.29. The van der Waals surface area contributed by atoms with Crippen molar-refractivity contribution in [3.05, 3.63) is 12.4 Å². The number of carbonyl (C=O) groups excluding carboxylic acids is 1. The van der Waals surface area contributed by atoms with Gasteiger partial charge in [-0.2, -0.15) is 0 Å². The smallest absolute Gasteiger partial charge is 0.218 e. The molecule has 1 heterocycles. The summed E-state index contributed by atoms with van der Waals surface area (Å²) in [5.74, 6) is 1.02. The molecule has 0 spiro atoms. The number of aromatic nitrogens is 2. The quantitative estimate of drug-likeness (QED) is 0.658. The third-order valence-corrected chi connectivity index (χ3v) is 2.09. The van der Waals surface area contributed by atoms with Crippen molar-refractivity contribution < 1.29 is 9.53 Å². The molecule has 1 aromatic rings. The number of nitrogens with two attached hydrogens (primary N) is 1. The van der Waals surface area contributed by atoms with Crippen LogP contribution >= 0.6 is 0 Å². The Morgan fingerprint density at radius 1 is 1.47 bits per heavy atom. The maximum absolute atomic E-state index is 10.5. The van der Waals surface area contributed by atoms with Gasteiger partial charge in [-0.1, -0.05) is 0 Å². The summed E-state index contributed by atoms with van der Waals surface area (Å²) in [5.41, 5.74) is 5.04. The minimum atomic E-state index is -0.259. The highest BCUT2D eigenvalue weighted by atomic mass is 16.5. The highest BCUT2D eigenvalue weighted by Crippen LogP contribution is 2.10. The van der Waals surface area contributed by atoms with Crippen LogP contribution in [0, 0.1) is 0 Å². The van der Waals surface area contributed by atoms with Gasteiger partial charge in [0.1, 0.15) is 12.1 Å². The van der Waals surface area contributed by atoms with Gasteiger partial charge in [-0.05, 0) is 19.8 Å². The summed E-state index contributed by atoms with van der Waals surface area (Å²) >= 11 is 0. The van der Waals surface area contributed by atoms with E-state index in [0.29, 0.717) is 18.9 Å². The van der Waals surface area contributed by atoms with Crippen LogP contribution in [-0.2, 0) is 4.79 Å². The fourth-order valence-electron chi connectivity index (χ4n) is 1.30. The van der Waals surface area contributed by atoms with E-state index in [1.54, 1.807) is 6.07 Å². The number of anilines is 1. The van der Waals surface area contributed by atoms with Gasteiger partial charge in [-0.25, -0.2) is 9.97 Å². The van der Waals surface area contributed by atoms with Crippen molar-refractivity contribution in [3.63, 3.8) is 0 Å². The zero-order valence-electron chi connectivity index (χ0n) is 9.98. The third-order valence-electron chi connectivity index (χ3n) is 2.09. The van der Waals surface area contributed by atoms with Gasteiger partial charge < -0.3 is 15.8 Å². The predicted molar refractivity (Wildman–Crippen MR) is 64.7 cm³/mol. The molecule has 0 aliphatic heterocycles. The van der Waals surface area contributed by atoms with Crippen LogP contribution in [0.5, 0.6) is 5.88 Å². The highest BCUT2D eigenvalue weighted by Gasteiger charge is 1.99. The Hall–Kier alpha value is -1.85. The first kappa shape index (κ1) is 13.2. The molecule has 0 radical (unpaired) electrons. The minimum absolute atomic E-state index is 0.259. The molecule has 0 aliphatic rings. The SMILES string of the molecule is CCOc1cc(NCCCCC(N)=O)ncn1. The Bertz CT molecular complexity index is 357. The number of amides is 1. The second-order valence-electron chi connectivity index (χ2n) is 3.52. The zero-order valence-corrected chi connectivity index (χ0v) is 9.98. The first-order valence-corrected chi connectivity index (χ1v) is 5.69. The van der Waals surface area contributed by atoms with Gasteiger partial charge in [-0.15, -0.1) is 0 Å². The van der Waals surface area contributed by atoms with E-state index in [1.807, 2.05) is 6.92 Å². The normalized spacial score (nSPS) is 9.94. The molecule has 1 amide bonds. The van der Waals surface area contributed by atoms with Crippen LogP contribution in [0.4, 0.5) is 5.82 Å². The lowest BCUT2D eigenvalue weighted by Gasteiger charge is -2.06. The van der Waals surface area contributed by atoms with E-state index in [-0.39, 0.29) is 5.91 Å². The minimum Gasteiger partial charge on any atom is -0.478 e. The van der Waals surface area contributed by atoms with Gasteiger partial charge in [0.15, 0.2) is 0 Å². The lowest BCUT2D eigenvalue weighted by Crippen LogP contribution is -2.11. The van der Waals surface area contributed by atoms with Crippen LogP contribution in [0.1, 0.15) is 26.2 Å². The van der Waals surface area contributed by atoms with Crippen LogP contribution in [0.2, 0.25) is 0 Å². The van der Waals surface area contributed by atoms with Gasteiger partial charge in [0.05, 0.1) is 6.61 Å². The summed E-state index contributed by atoms with van der Waals surface area (Å²) in [4.78, 5) is 18.5. The molecule has 1 aromatic heterocycles. The Morgan fingerprint density at radius 3 is 3.00 bits per heavy atom. The Morgan fingerprint density at radius 2 is 2.29 bits per heavy atom. The monoisotopic (exact) mass is 238 g/mol. The van der Waals surface area contributed by atoms with Crippen LogP contribution in [0.15, 0.2) is 12.4 Å². The average molecular weight is 238 g/mol. The van der Waals surface area contributed by atoms with Crippen LogP contribution < -0.4 is 15.8 Å². The molecule has 6 nitrogen and oxygen atoms in total. The van der Waals surface area contributed by atoms with E-state index in [2.05, 4.69) is 15.3 Å². The molecule has 0 fully saturated rings. The predicted octanol–water partition coefficient (Wildman–Crippen LogP) is 0.943. The molecule has 17 heavy (non-hydrogen) atoms. The molecule has 0 aromatic carbocycles. The van der Waals surface area contributed by atoms with E-state index >= 15 is 0 Å². The lowest BCUT2D eigenvalue weighted by molar-refractivity contribution is -0.118. The summed E-state index contributed by atoms with van der Waals surface area (Å²) in [7, 11) is 0. The van der Waals surface area contributed by atoms with Crippen molar-refractivity contribution >= 4 is 11.7 Å². The summed E-state index contributed by atoms with van der Waals surface area (Å²) in [6, 6.07) is 1.75. The number of hydrogen-bond donors (Lipinski definition) is 2. The zero-order chi connectivity index (χ0) is 12.5. The molecule has 0 atom stereocenters. The number of hydrogen-bond acceptors (Lipinski definition) is 5. The first-order chi connectivity index (χ1) is 8.22. The van der Waals surface area contributed by atoms with Crippen LogP contribution in [-0.4, -0.2) is 29.0 Å². The summed E-state index contributed by atoms with van der Waals surface area (Å²) in [6.07, 6.45) is 3.54. The maximum atomic E-state index is 10.5. The Balaban J connectivity index is 2.26. The topological polar surface area (TPSA) is 90.1 Å². The largest absolute Gasteiger partial charge is 0.478 e. The van der Waals surface area contributed by atoms with Crippen molar-refractivity contribution in [2.75, 3.05) is 18.5 Å². The van der Waals surface area contributed by atoms with Crippen molar-refractivity contribution in [1.29, 1.82) is 0 Å². The molecule has 3 N–H and O–H groups in total. The molecule has 1 rings (SSSR count). The van der Waals surface area contributed by atoms with E-state index < -0.39 is 0 Å². The maximum Gasteiger partial charge on any atom is 0.218 e. The van der Waals surface area contributed by atoms with E-state index in [9.17, 15) is 4.79 Å². The first-order valence-electron chi connectivity index (χ1n) is 5.69. The number of ether oxygens (including phenoxy) is 1. The van der Waals surface area contributed by atoms with Crippen molar-refractivity contribution in [3.8, 4) is 5.88 Å². The van der Waals surface area contributed by atoms with E-state index in [4.69, 9.17) is 10.5 Å². The fourth-order valence-corrected chi connectivity index (χ4v) is 1.30. The number of nitrogens with zero attached hydrogens (tertiary/aromatic N) is 2. The molecule has 0 unspecified atom stereocenters. The van der Waals surface area contributed by atoms with Crippen LogP contribution in [0.25, 0.3) is 0 Å². The van der Waals surface area contributed by atoms with E-state index in [0.717, 1.165) is 25.2 Å². The van der Waals surface area contributed by atoms with Crippen molar-refractivity contribution in [2.45, 2.75) is 26.2 Å². The second kappa shape index (κ2) is 7.43. The molecule has 0 aliphatic carbocycles. The number of carbonyl (C=O) groups is 1. The molecule has 6 heteroatoms. The Labute approximate surface area is 101 Å². The van der Waals surface area contributed by atoms with Gasteiger partial charge >= 0.3 is 0 Å². The highest BCUT2D eigenvalue weighted by molar-refractivity contribution is 5.73. The Kier molecular flexibility index (Phi) is 5.77. The van der Waals surface area contributed by atoms with Gasteiger partial charge in [0.25, 0.3) is 0 Å². The molecule has 0 bridgehead atoms. The number of rotatable bonds is 8. The van der Waals surface area contributed by atoms with Crippen molar-refractivity contribution in [2.24, 2.45) is 5.73 Å².